The van der Waals surface area contributed by atoms with Crippen molar-refractivity contribution in [2.24, 2.45) is 0 Å². The van der Waals surface area contributed by atoms with Crippen LogP contribution in [0.15, 0.2) is 28.7 Å². The maximum Gasteiger partial charge on any atom is 0.225 e. The van der Waals surface area contributed by atoms with Crippen LogP contribution in [0.1, 0.15) is 31.4 Å². The molecule has 122 valence electrons. The highest BCUT2D eigenvalue weighted by molar-refractivity contribution is 9.10. The van der Waals surface area contributed by atoms with Gasteiger partial charge < -0.3 is 15.7 Å². The highest BCUT2D eigenvalue weighted by Gasteiger charge is 2.26. The van der Waals surface area contributed by atoms with Crippen molar-refractivity contribution >= 4 is 33.4 Å². The molecular weight excluding hydrogens is 363 g/mol. The van der Waals surface area contributed by atoms with Crippen molar-refractivity contribution < 1.29 is 9.50 Å². The standard InChI is InChI=1S/C16H18BrFN4O/c1-9(8-23)19-16-21-14(10-2-3-10)7-15(22-16)20-11-4-5-12(17)13(18)6-11/h4-7,9-10,23H,2-3,8H2,1H3,(H2,19,20,21,22)/t9-/m1/s1. The Morgan fingerprint density at radius 3 is 2.78 bits per heavy atom. The molecule has 1 aliphatic carbocycles. The zero-order valence-corrected chi connectivity index (χ0v) is 14.3. The summed E-state index contributed by atoms with van der Waals surface area (Å²) in [6, 6.07) is 6.59. The summed E-state index contributed by atoms with van der Waals surface area (Å²) in [6.45, 7) is 1.85. The zero-order chi connectivity index (χ0) is 16.4. The van der Waals surface area contributed by atoms with E-state index >= 15 is 0 Å². The minimum atomic E-state index is -0.335. The van der Waals surface area contributed by atoms with Crippen LogP contribution in [0.4, 0.5) is 21.8 Å². The Hall–Kier alpha value is -1.73. The lowest BCUT2D eigenvalue weighted by Crippen LogP contribution is -2.21. The number of nitrogens with one attached hydrogen (secondary N) is 2. The van der Waals surface area contributed by atoms with Crippen LogP contribution in [-0.2, 0) is 0 Å². The van der Waals surface area contributed by atoms with Crippen LogP contribution < -0.4 is 10.6 Å². The van der Waals surface area contributed by atoms with Crippen LogP contribution in [0.2, 0.25) is 0 Å². The SMILES string of the molecule is C[C@H](CO)Nc1nc(Nc2ccc(Br)c(F)c2)cc(C2CC2)n1. The lowest BCUT2D eigenvalue weighted by Gasteiger charge is -2.14. The molecule has 1 heterocycles. The van der Waals surface area contributed by atoms with Crippen molar-refractivity contribution in [3.05, 3.63) is 40.2 Å². The van der Waals surface area contributed by atoms with Gasteiger partial charge >= 0.3 is 0 Å². The highest BCUT2D eigenvalue weighted by atomic mass is 79.9. The van der Waals surface area contributed by atoms with Gasteiger partial charge in [-0.3, -0.25) is 0 Å². The van der Waals surface area contributed by atoms with Gasteiger partial charge in [0.1, 0.15) is 11.6 Å². The normalized spacial score (nSPS) is 15.3. The predicted molar refractivity (Wildman–Crippen MR) is 91.6 cm³/mol. The molecule has 0 saturated heterocycles. The summed E-state index contributed by atoms with van der Waals surface area (Å²) in [4.78, 5) is 8.90. The largest absolute Gasteiger partial charge is 0.394 e. The number of nitrogens with zero attached hydrogens (tertiary/aromatic N) is 2. The number of halogens is 2. The fourth-order valence-electron chi connectivity index (χ4n) is 2.17. The topological polar surface area (TPSA) is 70.1 Å². The molecule has 3 rings (SSSR count). The summed E-state index contributed by atoms with van der Waals surface area (Å²) >= 11 is 3.14. The second-order valence-corrected chi connectivity index (χ2v) is 6.61. The van der Waals surface area contributed by atoms with E-state index in [1.807, 2.05) is 13.0 Å². The highest BCUT2D eigenvalue weighted by Crippen LogP contribution is 2.40. The van der Waals surface area contributed by atoms with Crippen LogP contribution in [0.25, 0.3) is 0 Å². The Balaban J connectivity index is 1.86. The Kier molecular flexibility index (Phi) is 4.77. The molecule has 5 nitrogen and oxygen atoms in total. The summed E-state index contributed by atoms with van der Waals surface area (Å²) in [6.07, 6.45) is 2.25. The number of benzene rings is 1. The second-order valence-electron chi connectivity index (χ2n) is 5.76. The van der Waals surface area contributed by atoms with E-state index < -0.39 is 0 Å². The quantitative estimate of drug-likeness (QED) is 0.710. The molecule has 0 radical (unpaired) electrons. The molecule has 7 heteroatoms. The first kappa shape index (κ1) is 16.1. The van der Waals surface area contributed by atoms with Gasteiger partial charge in [-0.05, 0) is 53.9 Å². The van der Waals surface area contributed by atoms with Gasteiger partial charge in [-0.1, -0.05) is 0 Å². The molecule has 1 saturated carbocycles. The number of hydrogen-bond acceptors (Lipinski definition) is 5. The number of hydrogen-bond donors (Lipinski definition) is 3. The summed E-state index contributed by atoms with van der Waals surface area (Å²) in [7, 11) is 0. The molecule has 0 amide bonds. The van der Waals surface area contributed by atoms with E-state index in [2.05, 4.69) is 36.5 Å². The Labute approximate surface area is 142 Å². The lowest BCUT2D eigenvalue weighted by molar-refractivity contribution is 0.281. The monoisotopic (exact) mass is 380 g/mol. The maximum absolute atomic E-state index is 13.6. The van der Waals surface area contributed by atoms with Gasteiger partial charge in [0.15, 0.2) is 0 Å². The molecule has 23 heavy (non-hydrogen) atoms. The van der Waals surface area contributed by atoms with E-state index in [9.17, 15) is 4.39 Å². The van der Waals surface area contributed by atoms with E-state index in [0.717, 1.165) is 18.5 Å². The van der Waals surface area contributed by atoms with E-state index in [1.54, 1.807) is 12.1 Å². The number of aromatic nitrogens is 2. The number of aliphatic hydroxyl groups excluding tert-OH is 1. The molecule has 3 N–H and O–H groups in total. The van der Waals surface area contributed by atoms with Gasteiger partial charge in [-0.15, -0.1) is 0 Å². The molecule has 1 fully saturated rings. The second kappa shape index (κ2) is 6.80. The summed E-state index contributed by atoms with van der Waals surface area (Å²) in [5.74, 6) is 1.20. The average Bonchev–Trinajstić information content (AvgIpc) is 3.35. The molecular formula is C16H18BrFN4O. The van der Waals surface area contributed by atoms with E-state index in [4.69, 9.17) is 5.11 Å². The first-order valence-corrected chi connectivity index (χ1v) is 8.33. The van der Waals surface area contributed by atoms with Gasteiger partial charge in [-0.25, -0.2) is 9.37 Å². The number of rotatable bonds is 6. The van der Waals surface area contributed by atoms with Crippen molar-refractivity contribution in [1.29, 1.82) is 0 Å². The molecule has 1 aromatic carbocycles. The van der Waals surface area contributed by atoms with Crippen molar-refractivity contribution in [2.45, 2.75) is 31.7 Å². The molecule has 0 unspecified atom stereocenters. The third-order valence-corrected chi connectivity index (χ3v) is 4.23. The number of anilines is 3. The summed E-state index contributed by atoms with van der Waals surface area (Å²) in [5.41, 5.74) is 1.58. The van der Waals surface area contributed by atoms with Gasteiger partial charge in [0, 0.05) is 23.7 Å². The van der Waals surface area contributed by atoms with Crippen LogP contribution in [-0.4, -0.2) is 27.7 Å². The van der Waals surface area contributed by atoms with Crippen LogP contribution in [0, 0.1) is 5.82 Å². The predicted octanol–water partition coefficient (Wildman–Crippen LogP) is 3.79. The van der Waals surface area contributed by atoms with E-state index in [-0.39, 0.29) is 18.5 Å². The third kappa shape index (κ3) is 4.17. The van der Waals surface area contributed by atoms with Crippen LogP contribution >= 0.6 is 15.9 Å². The van der Waals surface area contributed by atoms with Crippen LogP contribution in [0.5, 0.6) is 0 Å². The van der Waals surface area contributed by atoms with Crippen molar-refractivity contribution in [1.82, 2.24) is 9.97 Å². The van der Waals surface area contributed by atoms with Crippen molar-refractivity contribution in [3.8, 4) is 0 Å². The minimum Gasteiger partial charge on any atom is -0.394 e. The van der Waals surface area contributed by atoms with Gasteiger partial charge in [0.25, 0.3) is 0 Å². The van der Waals surface area contributed by atoms with E-state index in [1.165, 1.54) is 6.07 Å². The Bertz CT molecular complexity index is 708. The molecule has 1 aliphatic rings. The van der Waals surface area contributed by atoms with Gasteiger partial charge in [-0.2, -0.15) is 4.98 Å². The summed E-state index contributed by atoms with van der Waals surface area (Å²) in [5, 5.41) is 15.3. The van der Waals surface area contributed by atoms with Crippen molar-refractivity contribution in [2.75, 3.05) is 17.2 Å². The first-order valence-electron chi connectivity index (χ1n) is 7.53. The van der Waals surface area contributed by atoms with Crippen molar-refractivity contribution in [3.63, 3.8) is 0 Å². The average molecular weight is 381 g/mol. The smallest absolute Gasteiger partial charge is 0.225 e. The minimum absolute atomic E-state index is 0.00228. The molecule has 1 aromatic heterocycles. The maximum atomic E-state index is 13.6. The fourth-order valence-corrected chi connectivity index (χ4v) is 2.42. The number of aliphatic hydroxyl groups is 1. The Morgan fingerprint density at radius 2 is 2.13 bits per heavy atom. The molecule has 0 spiro atoms. The fraction of sp³-hybridized carbons (Fsp3) is 0.375. The summed E-state index contributed by atoms with van der Waals surface area (Å²) < 4.78 is 14.1. The Morgan fingerprint density at radius 1 is 1.35 bits per heavy atom. The van der Waals surface area contributed by atoms with Crippen LogP contribution in [0.3, 0.4) is 0 Å². The molecule has 0 bridgehead atoms. The zero-order valence-electron chi connectivity index (χ0n) is 12.7. The molecule has 0 aliphatic heterocycles. The molecule has 1 atom stereocenters. The first-order chi connectivity index (χ1) is 11.0. The van der Waals surface area contributed by atoms with Gasteiger partial charge in [0.2, 0.25) is 5.95 Å². The molecule has 2 aromatic rings. The lowest BCUT2D eigenvalue weighted by atomic mass is 10.2. The van der Waals surface area contributed by atoms with E-state index in [0.29, 0.717) is 27.8 Å². The van der Waals surface area contributed by atoms with Gasteiger partial charge in [0.05, 0.1) is 16.8 Å². The third-order valence-electron chi connectivity index (χ3n) is 3.58.